The van der Waals surface area contributed by atoms with Crippen LogP contribution in [0.25, 0.3) is 0 Å². The number of benzene rings is 2. The molecule has 0 aromatic heterocycles. The molecular weight excluding hydrogens is 458 g/mol. The summed E-state index contributed by atoms with van der Waals surface area (Å²) in [6.07, 6.45) is 0.727. The SMILES string of the molecule is CCCN1C(=O)NC(c2cccc(NC(=O)c3ccccc3Cl)c2)C(C(=O)OCCOC)=C1C. The Morgan fingerprint density at radius 1 is 1.15 bits per heavy atom. The van der Waals surface area contributed by atoms with Gasteiger partial charge in [-0.05, 0) is 43.2 Å². The zero-order valence-electron chi connectivity index (χ0n) is 19.4. The number of rotatable bonds is 9. The Balaban J connectivity index is 1.93. The highest BCUT2D eigenvalue weighted by Gasteiger charge is 2.36. The first-order valence-corrected chi connectivity index (χ1v) is 11.4. The monoisotopic (exact) mass is 485 g/mol. The molecule has 2 N–H and O–H groups in total. The third-order valence-corrected chi connectivity index (χ3v) is 5.71. The normalized spacial score (nSPS) is 15.7. The highest BCUT2D eigenvalue weighted by molar-refractivity contribution is 6.34. The van der Waals surface area contributed by atoms with E-state index in [0.29, 0.717) is 39.7 Å². The fraction of sp³-hybridized carbons (Fsp3) is 0.320. The van der Waals surface area contributed by atoms with Gasteiger partial charge in [0, 0.05) is 25.0 Å². The fourth-order valence-corrected chi connectivity index (χ4v) is 3.95. The molecule has 1 aliphatic heterocycles. The maximum atomic E-state index is 13.0. The number of nitrogens with one attached hydrogen (secondary N) is 2. The van der Waals surface area contributed by atoms with Gasteiger partial charge in [0.2, 0.25) is 0 Å². The Kier molecular flexibility index (Phi) is 8.67. The van der Waals surface area contributed by atoms with Crippen molar-refractivity contribution in [3.8, 4) is 0 Å². The minimum atomic E-state index is -0.743. The van der Waals surface area contributed by atoms with Crippen LogP contribution in [0.4, 0.5) is 10.5 Å². The van der Waals surface area contributed by atoms with Crippen LogP contribution in [0.2, 0.25) is 5.02 Å². The van der Waals surface area contributed by atoms with E-state index in [9.17, 15) is 14.4 Å². The number of hydrogen-bond acceptors (Lipinski definition) is 5. The van der Waals surface area contributed by atoms with Gasteiger partial charge < -0.3 is 20.1 Å². The predicted octanol–water partition coefficient (Wildman–Crippen LogP) is 4.53. The maximum absolute atomic E-state index is 13.0. The Hall–Kier alpha value is -3.36. The molecule has 3 amide bonds. The molecular formula is C25H28ClN3O5. The van der Waals surface area contributed by atoms with Crippen LogP contribution in [0, 0.1) is 0 Å². The summed E-state index contributed by atoms with van der Waals surface area (Å²) in [5.41, 5.74) is 2.33. The van der Waals surface area contributed by atoms with E-state index in [2.05, 4.69) is 10.6 Å². The molecule has 8 nitrogen and oxygen atoms in total. The molecule has 1 heterocycles. The van der Waals surface area contributed by atoms with Gasteiger partial charge in [-0.2, -0.15) is 0 Å². The van der Waals surface area contributed by atoms with Gasteiger partial charge in [0.25, 0.3) is 5.91 Å². The number of ether oxygens (including phenoxy) is 2. The first-order valence-electron chi connectivity index (χ1n) is 11.0. The van der Waals surface area contributed by atoms with Crippen molar-refractivity contribution in [1.82, 2.24) is 10.2 Å². The number of esters is 1. The van der Waals surface area contributed by atoms with Crippen LogP contribution in [-0.4, -0.2) is 49.7 Å². The number of nitrogens with zero attached hydrogens (tertiary/aromatic N) is 1. The summed E-state index contributed by atoms with van der Waals surface area (Å²) in [7, 11) is 1.52. The minimum Gasteiger partial charge on any atom is -0.460 e. The van der Waals surface area contributed by atoms with E-state index in [1.54, 1.807) is 55.5 Å². The largest absolute Gasteiger partial charge is 0.460 e. The molecule has 1 unspecified atom stereocenters. The fourth-order valence-electron chi connectivity index (χ4n) is 3.72. The lowest BCUT2D eigenvalue weighted by Gasteiger charge is -2.35. The first-order chi connectivity index (χ1) is 16.4. The van der Waals surface area contributed by atoms with Crippen LogP contribution in [0.3, 0.4) is 0 Å². The number of anilines is 1. The van der Waals surface area contributed by atoms with Crippen molar-refractivity contribution in [1.29, 1.82) is 0 Å². The third-order valence-electron chi connectivity index (χ3n) is 5.38. The molecule has 0 spiro atoms. The maximum Gasteiger partial charge on any atom is 0.338 e. The van der Waals surface area contributed by atoms with Crippen molar-refractivity contribution < 1.29 is 23.9 Å². The van der Waals surface area contributed by atoms with Gasteiger partial charge in [-0.25, -0.2) is 9.59 Å². The summed E-state index contributed by atoms with van der Waals surface area (Å²) in [5.74, 6) is -0.901. The summed E-state index contributed by atoms with van der Waals surface area (Å²) in [4.78, 5) is 40.1. The van der Waals surface area contributed by atoms with E-state index < -0.39 is 12.0 Å². The number of urea groups is 1. The Labute approximate surface area is 203 Å². The topological polar surface area (TPSA) is 97.0 Å². The Bertz CT molecular complexity index is 1100. The molecule has 34 heavy (non-hydrogen) atoms. The van der Waals surface area contributed by atoms with E-state index in [-0.39, 0.29) is 25.2 Å². The predicted molar refractivity (Wildman–Crippen MR) is 130 cm³/mol. The second-order valence-electron chi connectivity index (χ2n) is 7.72. The molecule has 0 fully saturated rings. The first kappa shape index (κ1) is 25.3. The van der Waals surface area contributed by atoms with Gasteiger partial charge in [-0.1, -0.05) is 42.8 Å². The molecule has 1 atom stereocenters. The van der Waals surface area contributed by atoms with Crippen LogP contribution in [0.1, 0.15) is 42.2 Å². The molecule has 0 saturated carbocycles. The van der Waals surface area contributed by atoms with Gasteiger partial charge in [-0.3, -0.25) is 9.69 Å². The van der Waals surface area contributed by atoms with Crippen LogP contribution in [0.5, 0.6) is 0 Å². The molecule has 2 aromatic carbocycles. The summed E-state index contributed by atoms with van der Waals surface area (Å²) in [6.45, 7) is 4.50. The summed E-state index contributed by atoms with van der Waals surface area (Å²) in [5, 5.41) is 6.06. The van der Waals surface area contributed by atoms with Crippen LogP contribution < -0.4 is 10.6 Å². The molecule has 180 valence electrons. The Morgan fingerprint density at radius 3 is 2.62 bits per heavy atom. The molecule has 0 radical (unpaired) electrons. The van der Waals surface area contributed by atoms with Gasteiger partial charge >= 0.3 is 12.0 Å². The van der Waals surface area contributed by atoms with Gasteiger partial charge in [0.1, 0.15) is 6.61 Å². The number of methoxy groups -OCH3 is 1. The summed E-state index contributed by atoms with van der Waals surface area (Å²) in [6, 6.07) is 12.7. The zero-order valence-corrected chi connectivity index (χ0v) is 20.1. The van der Waals surface area contributed by atoms with E-state index in [1.165, 1.54) is 12.0 Å². The lowest BCUT2D eigenvalue weighted by molar-refractivity contribution is -0.140. The standard InChI is InChI=1S/C25H28ClN3O5/c1-4-12-29-16(2)21(24(31)34-14-13-33-3)22(28-25(29)32)17-8-7-9-18(15-17)27-23(30)19-10-5-6-11-20(19)26/h5-11,15,22H,4,12-14H2,1-3H3,(H,27,30)(H,28,32). The van der Waals surface area contributed by atoms with Crippen molar-refractivity contribution in [2.75, 3.05) is 32.2 Å². The highest BCUT2D eigenvalue weighted by Crippen LogP contribution is 2.32. The number of carbonyl (C=O) groups excluding carboxylic acids is 3. The number of carbonyl (C=O) groups is 3. The highest BCUT2D eigenvalue weighted by atomic mass is 35.5. The molecule has 2 aromatic rings. The van der Waals surface area contributed by atoms with Gasteiger partial charge in [-0.15, -0.1) is 0 Å². The van der Waals surface area contributed by atoms with Crippen molar-refractivity contribution in [2.45, 2.75) is 26.3 Å². The third kappa shape index (κ3) is 5.76. The van der Waals surface area contributed by atoms with Crippen LogP contribution in [0.15, 0.2) is 59.8 Å². The quantitative estimate of drug-likeness (QED) is 0.401. The number of halogens is 1. The lowest BCUT2D eigenvalue weighted by Crippen LogP contribution is -2.48. The zero-order chi connectivity index (χ0) is 24.7. The lowest BCUT2D eigenvalue weighted by atomic mass is 9.94. The van der Waals surface area contributed by atoms with Crippen molar-refractivity contribution in [3.05, 3.63) is 76.0 Å². The van der Waals surface area contributed by atoms with Gasteiger partial charge in [0.15, 0.2) is 0 Å². The van der Waals surface area contributed by atoms with Crippen LogP contribution in [-0.2, 0) is 14.3 Å². The van der Waals surface area contributed by atoms with Gasteiger partial charge in [0.05, 0.1) is 28.8 Å². The van der Waals surface area contributed by atoms with E-state index in [4.69, 9.17) is 21.1 Å². The molecule has 3 rings (SSSR count). The summed E-state index contributed by atoms with van der Waals surface area (Å²) < 4.78 is 10.4. The Morgan fingerprint density at radius 2 is 1.91 bits per heavy atom. The number of amides is 3. The second kappa shape index (κ2) is 11.7. The molecule has 1 aliphatic rings. The molecule has 0 bridgehead atoms. The average Bonchev–Trinajstić information content (AvgIpc) is 2.82. The smallest absolute Gasteiger partial charge is 0.338 e. The van der Waals surface area contributed by atoms with Crippen molar-refractivity contribution in [3.63, 3.8) is 0 Å². The van der Waals surface area contributed by atoms with Crippen molar-refractivity contribution >= 4 is 35.2 Å². The molecule has 0 saturated heterocycles. The minimum absolute atomic E-state index is 0.0918. The van der Waals surface area contributed by atoms with E-state index in [0.717, 1.165) is 6.42 Å². The average molecular weight is 486 g/mol. The number of allylic oxidation sites excluding steroid dienone is 1. The molecule has 9 heteroatoms. The van der Waals surface area contributed by atoms with Crippen LogP contribution >= 0.6 is 11.6 Å². The summed E-state index contributed by atoms with van der Waals surface area (Å²) >= 11 is 6.14. The van der Waals surface area contributed by atoms with E-state index >= 15 is 0 Å². The second-order valence-corrected chi connectivity index (χ2v) is 8.13. The number of hydrogen-bond donors (Lipinski definition) is 2. The molecule has 0 aliphatic carbocycles. The van der Waals surface area contributed by atoms with Crippen molar-refractivity contribution in [2.24, 2.45) is 0 Å². The van der Waals surface area contributed by atoms with E-state index in [1.807, 2.05) is 6.92 Å².